The first-order chi connectivity index (χ1) is 21.0. The van der Waals surface area contributed by atoms with Crippen LogP contribution in [0.1, 0.15) is 84.8 Å². The Morgan fingerprint density at radius 1 is 1.18 bits per heavy atom. The number of ether oxygens (including phenoxy) is 3. The van der Waals surface area contributed by atoms with Crippen molar-refractivity contribution in [3.8, 4) is 17.1 Å². The largest absolute Gasteiger partial charge is 0.482 e. The lowest BCUT2D eigenvalue weighted by atomic mass is 9.45. The van der Waals surface area contributed by atoms with Crippen molar-refractivity contribution in [2.75, 3.05) is 6.26 Å². The summed E-state index contributed by atoms with van der Waals surface area (Å²) in [5.41, 5.74) is -4.28. The summed E-state index contributed by atoms with van der Waals surface area (Å²) in [6.45, 7) is 8.38. The molecule has 2 aliphatic carbocycles. The maximum absolute atomic E-state index is 13.5. The molecule has 0 spiro atoms. The Kier molecular flexibility index (Phi) is 8.69. The summed E-state index contributed by atoms with van der Waals surface area (Å²) in [6, 6.07) is 4.94. The molecule has 1 aliphatic heterocycles. The maximum atomic E-state index is 13.5. The van der Waals surface area contributed by atoms with Gasteiger partial charge in [0.15, 0.2) is 0 Å². The third-order valence-corrected chi connectivity index (χ3v) is 10.6. The molecule has 13 heteroatoms. The number of carbonyl (C=O) groups excluding carboxylic acids is 2. The fourth-order valence-electron chi connectivity index (χ4n) is 8.17. The summed E-state index contributed by atoms with van der Waals surface area (Å²) in [4.78, 5) is 42.9. The first-order valence-electron chi connectivity index (χ1n) is 15.3. The summed E-state index contributed by atoms with van der Waals surface area (Å²) >= 11 is 0. The average molecular weight is 648 g/mol. The van der Waals surface area contributed by atoms with E-state index in [0.29, 0.717) is 18.4 Å². The van der Waals surface area contributed by atoms with Crippen molar-refractivity contribution in [3.05, 3.63) is 46.6 Å². The molecular weight excluding hydrogens is 606 g/mol. The zero-order chi connectivity index (χ0) is 32.9. The Bertz CT molecular complexity index is 1630. The van der Waals surface area contributed by atoms with E-state index in [1.54, 1.807) is 32.2 Å². The molecule has 12 nitrogen and oxygen atoms in total. The molecule has 2 unspecified atom stereocenters. The van der Waals surface area contributed by atoms with Crippen molar-refractivity contribution in [1.29, 1.82) is 0 Å². The van der Waals surface area contributed by atoms with Crippen molar-refractivity contribution >= 4 is 22.1 Å². The van der Waals surface area contributed by atoms with Gasteiger partial charge in [0.2, 0.25) is 0 Å². The van der Waals surface area contributed by atoms with E-state index in [1.165, 1.54) is 19.2 Å². The van der Waals surface area contributed by atoms with Crippen LogP contribution in [0.3, 0.4) is 0 Å². The van der Waals surface area contributed by atoms with Gasteiger partial charge < -0.3 is 23.7 Å². The number of aliphatic hydroxyl groups excluding tert-OH is 1. The molecule has 2 fully saturated rings. The van der Waals surface area contributed by atoms with Crippen LogP contribution >= 0.6 is 0 Å². The van der Waals surface area contributed by atoms with Crippen LogP contribution in [0.15, 0.2) is 39.8 Å². The molecule has 2 aromatic rings. The third-order valence-electron chi connectivity index (χ3n) is 9.97. The van der Waals surface area contributed by atoms with E-state index in [0.717, 1.165) is 12.7 Å². The van der Waals surface area contributed by atoms with E-state index >= 15 is 0 Å². The Morgan fingerprint density at radius 3 is 2.53 bits per heavy atom. The number of fused-ring (bicyclic) bond motifs is 4. The lowest BCUT2D eigenvalue weighted by Gasteiger charge is -2.65. The lowest BCUT2D eigenvalue weighted by molar-refractivity contribution is -0.274. The van der Waals surface area contributed by atoms with Crippen LogP contribution < -0.4 is 10.4 Å². The topological polar surface area (TPSA) is 169 Å². The molecular formula is C32H41NO11S. The minimum Gasteiger partial charge on any atom is -0.482 e. The van der Waals surface area contributed by atoms with E-state index in [4.69, 9.17) is 22.8 Å². The normalized spacial score (nSPS) is 34.0. The SMILES string of the molecule is CCCCC(=O)O[C@H]1CC2[C@](C)(CC[C@H](OC(C)=O)[C@@]2(C)OS(C)(=O)=O)C2[C@@H](O)c3c(cc(-c4cccnc4)oc3=O)O[C@@]21C. The summed E-state index contributed by atoms with van der Waals surface area (Å²) in [7, 11) is -4.09. The van der Waals surface area contributed by atoms with Crippen LogP contribution in [0.2, 0.25) is 0 Å². The van der Waals surface area contributed by atoms with Gasteiger partial charge in [-0.2, -0.15) is 8.42 Å². The Morgan fingerprint density at radius 2 is 1.91 bits per heavy atom. The van der Waals surface area contributed by atoms with Gasteiger partial charge in [0.1, 0.15) is 40.5 Å². The standard InChI is InChI=1S/C32H41NO11S/c1-7-8-11-25(35)42-24-16-22-30(3,13-12-23(40-18(2)34)31(22,4)44-45(6,38)39)28-27(36)26-21(43-32(24,28)5)15-20(41-29(26)37)19-10-9-14-33-17-19/h9-10,14-15,17,22-24,27-28,36H,7-8,11-13,16H2,1-6H3/t22?,23-,24-,27-,28?,30-,31-,32+/m0/s1. The van der Waals surface area contributed by atoms with Gasteiger partial charge in [0.25, 0.3) is 10.1 Å². The first kappa shape index (κ1) is 33.1. The third kappa shape index (κ3) is 5.90. The van der Waals surface area contributed by atoms with Gasteiger partial charge in [-0.15, -0.1) is 0 Å². The highest BCUT2D eigenvalue weighted by atomic mass is 32.2. The van der Waals surface area contributed by atoms with E-state index < -0.39 is 74.4 Å². The van der Waals surface area contributed by atoms with Gasteiger partial charge >= 0.3 is 17.6 Å². The van der Waals surface area contributed by atoms with E-state index in [9.17, 15) is 27.9 Å². The summed E-state index contributed by atoms with van der Waals surface area (Å²) in [6.07, 6.45) is 2.77. The molecule has 8 atom stereocenters. The molecule has 2 saturated carbocycles. The molecule has 3 heterocycles. The van der Waals surface area contributed by atoms with Gasteiger partial charge in [-0.3, -0.25) is 18.8 Å². The molecule has 45 heavy (non-hydrogen) atoms. The number of pyridine rings is 1. The summed E-state index contributed by atoms with van der Waals surface area (Å²) < 4.78 is 55.2. The van der Waals surface area contributed by atoms with Crippen LogP contribution in [-0.4, -0.2) is 60.1 Å². The van der Waals surface area contributed by atoms with Crippen LogP contribution in [0, 0.1) is 17.3 Å². The fraction of sp³-hybridized carbons (Fsp3) is 0.625. The number of aromatic nitrogens is 1. The zero-order valence-electron chi connectivity index (χ0n) is 26.4. The number of hydrogen-bond donors (Lipinski definition) is 1. The highest BCUT2D eigenvalue weighted by molar-refractivity contribution is 7.86. The van der Waals surface area contributed by atoms with E-state index in [1.807, 2.05) is 13.8 Å². The first-order valence-corrected chi connectivity index (χ1v) is 17.1. The maximum Gasteiger partial charge on any atom is 0.345 e. The predicted molar refractivity (Wildman–Crippen MR) is 160 cm³/mol. The van der Waals surface area contributed by atoms with Crippen molar-refractivity contribution < 1.29 is 45.9 Å². The molecule has 5 rings (SSSR count). The highest BCUT2D eigenvalue weighted by Crippen LogP contribution is 2.66. The zero-order valence-corrected chi connectivity index (χ0v) is 27.2. The van der Waals surface area contributed by atoms with Crippen molar-refractivity contribution in [2.24, 2.45) is 17.3 Å². The van der Waals surface area contributed by atoms with Gasteiger partial charge in [0.05, 0.1) is 12.4 Å². The summed E-state index contributed by atoms with van der Waals surface area (Å²) in [5, 5.41) is 12.1. The molecule has 1 N–H and O–H groups in total. The molecule has 3 aliphatic rings. The minimum atomic E-state index is -4.09. The second-order valence-electron chi connectivity index (χ2n) is 13.1. The Hall–Kier alpha value is -3.29. The number of nitrogens with zero attached hydrogens (tertiary/aromatic N) is 1. The van der Waals surface area contributed by atoms with Gasteiger partial charge in [0, 0.05) is 49.2 Å². The number of esters is 2. The van der Waals surface area contributed by atoms with E-state index in [2.05, 4.69) is 4.98 Å². The van der Waals surface area contributed by atoms with Crippen molar-refractivity contribution in [1.82, 2.24) is 4.98 Å². The lowest BCUT2D eigenvalue weighted by Crippen LogP contribution is -2.73. The summed E-state index contributed by atoms with van der Waals surface area (Å²) in [5.74, 6) is -2.43. The molecule has 0 saturated heterocycles. The molecule has 0 radical (unpaired) electrons. The molecule has 246 valence electrons. The minimum absolute atomic E-state index is 0.0735. The highest BCUT2D eigenvalue weighted by Gasteiger charge is 2.71. The smallest absolute Gasteiger partial charge is 0.345 e. The molecule has 0 amide bonds. The van der Waals surface area contributed by atoms with E-state index in [-0.39, 0.29) is 36.3 Å². The quantitative estimate of drug-likeness (QED) is 0.322. The van der Waals surface area contributed by atoms with Crippen LogP contribution in [0.5, 0.6) is 5.75 Å². The Labute approximate surface area is 262 Å². The number of unbranched alkanes of at least 4 members (excludes halogenated alkanes) is 1. The predicted octanol–water partition coefficient (Wildman–Crippen LogP) is 4.09. The Balaban J connectivity index is 1.68. The van der Waals surface area contributed by atoms with Crippen molar-refractivity contribution in [2.45, 2.75) is 103 Å². The van der Waals surface area contributed by atoms with Crippen molar-refractivity contribution in [3.63, 3.8) is 0 Å². The molecule has 0 bridgehead atoms. The second-order valence-corrected chi connectivity index (χ2v) is 14.7. The number of aliphatic hydroxyl groups is 1. The second kappa shape index (κ2) is 11.8. The monoisotopic (exact) mass is 647 g/mol. The van der Waals surface area contributed by atoms with Gasteiger partial charge in [-0.1, -0.05) is 20.3 Å². The molecule has 0 aromatic carbocycles. The average Bonchev–Trinajstić information content (AvgIpc) is 2.93. The molecule has 2 aromatic heterocycles. The van der Waals surface area contributed by atoms with Crippen LogP contribution in [0.4, 0.5) is 0 Å². The van der Waals surface area contributed by atoms with Gasteiger partial charge in [-0.05, 0) is 57.1 Å². The number of rotatable bonds is 8. The van der Waals surface area contributed by atoms with Crippen LogP contribution in [0.25, 0.3) is 11.3 Å². The van der Waals surface area contributed by atoms with Gasteiger partial charge in [-0.25, -0.2) is 4.79 Å². The number of hydrogen-bond acceptors (Lipinski definition) is 12. The fourth-order valence-corrected chi connectivity index (χ4v) is 9.04. The number of carbonyl (C=O) groups is 2. The van der Waals surface area contributed by atoms with Crippen LogP contribution in [-0.2, 0) is 33.4 Å².